The van der Waals surface area contributed by atoms with Crippen LogP contribution in [0.3, 0.4) is 0 Å². The molecule has 27 heavy (non-hydrogen) atoms. The quantitative estimate of drug-likeness (QED) is 0.790. The van der Waals surface area contributed by atoms with E-state index in [-0.39, 0.29) is 23.8 Å². The first-order chi connectivity index (χ1) is 13.1. The number of likely N-dealkylation sites (tertiary alicyclic amines) is 1. The highest BCUT2D eigenvalue weighted by Gasteiger charge is 2.23. The Morgan fingerprint density at radius 2 is 1.48 bits per heavy atom. The summed E-state index contributed by atoms with van der Waals surface area (Å²) in [7, 11) is 0. The number of hydrogen-bond acceptors (Lipinski definition) is 3. The number of nitrogens with zero attached hydrogens (tertiary/aromatic N) is 1. The molecule has 0 aromatic heterocycles. The second-order valence-electron chi connectivity index (χ2n) is 7.16. The van der Waals surface area contributed by atoms with Gasteiger partial charge in [-0.15, -0.1) is 0 Å². The molecule has 1 fully saturated rings. The molecule has 2 amide bonds. The zero-order valence-electron chi connectivity index (χ0n) is 15.5. The van der Waals surface area contributed by atoms with Crippen molar-refractivity contribution in [3.8, 4) is 0 Å². The topological polar surface area (TPSA) is 75.4 Å². The summed E-state index contributed by atoms with van der Waals surface area (Å²) in [5.74, 6) is -0.186. The summed E-state index contributed by atoms with van der Waals surface area (Å²) in [5.41, 5.74) is 7.55. The van der Waals surface area contributed by atoms with E-state index in [0.717, 1.165) is 37.1 Å². The van der Waals surface area contributed by atoms with Gasteiger partial charge < -0.3 is 11.1 Å². The maximum absolute atomic E-state index is 12.7. The predicted molar refractivity (Wildman–Crippen MR) is 106 cm³/mol. The zero-order chi connectivity index (χ0) is 19.1. The molecule has 0 atom stereocenters. The van der Waals surface area contributed by atoms with E-state index in [1.165, 1.54) is 0 Å². The molecule has 0 spiro atoms. The third-order valence-corrected chi connectivity index (χ3v) is 5.13. The van der Waals surface area contributed by atoms with Crippen LogP contribution in [0.1, 0.15) is 36.3 Å². The number of piperidine rings is 1. The van der Waals surface area contributed by atoms with Gasteiger partial charge >= 0.3 is 0 Å². The molecule has 0 aliphatic carbocycles. The third-order valence-electron chi connectivity index (χ3n) is 5.13. The van der Waals surface area contributed by atoms with Crippen LogP contribution in [0.4, 0.5) is 0 Å². The number of carbonyl (C=O) groups excluding carboxylic acids is 2. The van der Waals surface area contributed by atoms with Crippen molar-refractivity contribution in [1.82, 2.24) is 10.2 Å². The van der Waals surface area contributed by atoms with Gasteiger partial charge in [0, 0.05) is 31.5 Å². The van der Waals surface area contributed by atoms with E-state index in [1.54, 1.807) is 0 Å². The number of carbonyl (C=O) groups is 2. The number of amides is 2. The first-order valence-electron chi connectivity index (χ1n) is 9.51. The first-order valence-corrected chi connectivity index (χ1v) is 9.51. The summed E-state index contributed by atoms with van der Waals surface area (Å²) in [6, 6.07) is 20.5. The molecule has 0 saturated carbocycles. The minimum atomic E-state index is -0.300. The van der Waals surface area contributed by atoms with Crippen molar-refractivity contribution < 1.29 is 9.59 Å². The summed E-state index contributed by atoms with van der Waals surface area (Å²) in [6.07, 6.45) is 2.12. The van der Waals surface area contributed by atoms with E-state index >= 15 is 0 Å². The van der Waals surface area contributed by atoms with E-state index in [4.69, 9.17) is 5.73 Å². The van der Waals surface area contributed by atoms with Crippen LogP contribution >= 0.6 is 0 Å². The van der Waals surface area contributed by atoms with E-state index in [1.807, 2.05) is 41.3 Å². The van der Waals surface area contributed by atoms with Crippen LogP contribution in [0, 0.1) is 0 Å². The lowest BCUT2D eigenvalue weighted by Crippen LogP contribution is -2.46. The number of benzene rings is 2. The molecule has 142 valence electrons. The Balaban J connectivity index is 1.60. The van der Waals surface area contributed by atoms with Gasteiger partial charge in [0.1, 0.15) is 0 Å². The Morgan fingerprint density at radius 3 is 1.96 bits per heavy atom. The molecule has 1 heterocycles. The molecule has 2 aromatic carbocycles. The Kier molecular flexibility index (Phi) is 6.60. The molecule has 0 unspecified atom stereocenters. The van der Waals surface area contributed by atoms with Crippen molar-refractivity contribution in [3.05, 3.63) is 71.8 Å². The molecule has 1 aliphatic heterocycles. The van der Waals surface area contributed by atoms with Gasteiger partial charge in [-0.05, 0) is 24.0 Å². The van der Waals surface area contributed by atoms with Gasteiger partial charge in [-0.2, -0.15) is 0 Å². The summed E-state index contributed by atoms with van der Waals surface area (Å²) in [6.45, 7) is 1.87. The van der Waals surface area contributed by atoms with Crippen LogP contribution in [0.2, 0.25) is 0 Å². The molecule has 3 rings (SSSR count). The standard InChI is InChI=1S/C22H27N3O2/c23-21(26)16-25-13-11-19(12-14-25)24-22(27)15-20(17-7-3-1-4-8-17)18-9-5-2-6-10-18/h1-10,19-20H,11-16H2,(H2,23,26)(H,24,27). The van der Waals surface area contributed by atoms with Gasteiger partial charge in [0.2, 0.25) is 11.8 Å². The molecular weight excluding hydrogens is 338 g/mol. The molecule has 1 aliphatic rings. The average Bonchev–Trinajstić information content (AvgIpc) is 2.69. The van der Waals surface area contributed by atoms with E-state index in [2.05, 4.69) is 29.6 Å². The Labute approximate surface area is 160 Å². The fraction of sp³-hybridized carbons (Fsp3) is 0.364. The fourth-order valence-electron chi connectivity index (χ4n) is 3.73. The van der Waals surface area contributed by atoms with Gasteiger partial charge in [0.05, 0.1) is 6.54 Å². The van der Waals surface area contributed by atoms with Crippen molar-refractivity contribution in [2.75, 3.05) is 19.6 Å². The number of nitrogens with one attached hydrogen (secondary N) is 1. The second-order valence-corrected chi connectivity index (χ2v) is 7.16. The normalized spacial score (nSPS) is 15.6. The fourth-order valence-corrected chi connectivity index (χ4v) is 3.73. The maximum Gasteiger partial charge on any atom is 0.231 e. The minimum absolute atomic E-state index is 0.0438. The monoisotopic (exact) mass is 365 g/mol. The van der Waals surface area contributed by atoms with Crippen LogP contribution in [-0.4, -0.2) is 42.4 Å². The Morgan fingerprint density at radius 1 is 0.963 bits per heavy atom. The highest BCUT2D eigenvalue weighted by molar-refractivity contribution is 5.78. The van der Waals surface area contributed by atoms with Gasteiger partial charge in [0.25, 0.3) is 0 Å². The minimum Gasteiger partial charge on any atom is -0.369 e. The lowest BCUT2D eigenvalue weighted by molar-refractivity contribution is -0.123. The van der Waals surface area contributed by atoms with E-state index in [0.29, 0.717) is 13.0 Å². The molecule has 5 heteroatoms. The molecule has 2 aromatic rings. The molecule has 3 N–H and O–H groups in total. The molecule has 0 radical (unpaired) electrons. The molecular formula is C22H27N3O2. The SMILES string of the molecule is NC(=O)CN1CCC(NC(=O)CC(c2ccccc2)c2ccccc2)CC1. The summed E-state index contributed by atoms with van der Waals surface area (Å²) >= 11 is 0. The van der Waals surface area contributed by atoms with Gasteiger partial charge in [-0.25, -0.2) is 0 Å². The zero-order valence-corrected chi connectivity index (χ0v) is 15.5. The van der Waals surface area contributed by atoms with Crippen molar-refractivity contribution in [1.29, 1.82) is 0 Å². The summed E-state index contributed by atoms with van der Waals surface area (Å²) in [4.78, 5) is 25.8. The van der Waals surface area contributed by atoms with Gasteiger partial charge in [-0.3, -0.25) is 14.5 Å². The van der Waals surface area contributed by atoms with Crippen molar-refractivity contribution >= 4 is 11.8 Å². The maximum atomic E-state index is 12.7. The van der Waals surface area contributed by atoms with Crippen LogP contribution in [0.5, 0.6) is 0 Å². The smallest absolute Gasteiger partial charge is 0.231 e. The van der Waals surface area contributed by atoms with Crippen LogP contribution in [0.15, 0.2) is 60.7 Å². The third kappa shape index (κ3) is 5.66. The van der Waals surface area contributed by atoms with E-state index in [9.17, 15) is 9.59 Å². The Hall–Kier alpha value is -2.66. The Bertz CT molecular complexity index is 701. The van der Waals surface area contributed by atoms with E-state index < -0.39 is 0 Å². The lowest BCUT2D eigenvalue weighted by Gasteiger charge is -2.31. The van der Waals surface area contributed by atoms with Crippen LogP contribution < -0.4 is 11.1 Å². The first kappa shape index (κ1) is 19.1. The largest absolute Gasteiger partial charge is 0.369 e. The van der Waals surface area contributed by atoms with Crippen molar-refractivity contribution in [2.24, 2.45) is 5.73 Å². The summed E-state index contributed by atoms with van der Waals surface area (Å²) < 4.78 is 0. The number of primary amides is 1. The number of nitrogens with two attached hydrogens (primary N) is 1. The van der Waals surface area contributed by atoms with Crippen molar-refractivity contribution in [2.45, 2.75) is 31.2 Å². The number of hydrogen-bond donors (Lipinski definition) is 2. The average molecular weight is 365 g/mol. The van der Waals surface area contributed by atoms with Gasteiger partial charge in [-0.1, -0.05) is 60.7 Å². The molecule has 0 bridgehead atoms. The van der Waals surface area contributed by atoms with Crippen LogP contribution in [-0.2, 0) is 9.59 Å². The van der Waals surface area contributed by atoms with Crippen LogP contribution in [0.25, 0.3) is 0 Å². The molecule has 1 saturated heterocycles. The lowest BCUT2D eigenvalue weighted by atomic mass is 9.88. The van der Waals surface area contributed by atoms with Crippen molar-refractivity contribution in [3.63, 3.8) is 0 Å². The molecule has 5 nitrogen and oxygen atoms in total. The number of rotatable bonds is 7. The highest BCUT2D eigenvalue weighted by atomic mass is 16.2. The second kappa shape index (κ2) is 9.33. The van der Waals surface area contributed by atoms with Gasteiger partial charge in [0.15, 0.2) is 0 Å². The highest BCUT2D eigenvalue weighted by Crippen LogP contribution is 2.28. The predicted octanol–water partition coefficient (Wildman–Crippen LogP) is 2.27. The summed E-state index contributed by atoms with van der Waals surface area (Å²) in [5, 5.41) is 3.18.